The summed E-state index contributed by atoms with van der Waals surface area (Å²) >= 11 is 1.20. The molecule has 1 heterocycles. The van der Waals surface area contributed by atoms with E-state index < -0.39 is 10.0 Å². The SMILES string of the molecule is CCOc1ccc(CN(C)C(=NC)NCCNS(=O)(=O)c2cccs2)cc1. The number of benzene rings is 1. The molecule has 0 amide bonds. The lowest BCUT2D eigenvalue weighted by Crippen LogP contribution is -2.42. The zero-order chi connectivity index (χ0) is 19.7. The normalized spacial score (nSPS) is 12.0. The highest BCUT2D eigenvalue weighted by molar-refractivity contribution is 7.91. The van der Waals surface area contributed by atoms with Crippen LogP contribution >= 0.6 is 11.3 Å². The van der Waals surface area contributed by atoms with Crippen molar-refractivity contribution in [1.29, 1.82) is 0 Å². The van der Waals surface area contributed by atoms with Crippen LogP contribution in [0.5, 0.6) is 5.75 Å². The van der Waals surface area contributed by atoms with Crippen LogP contribution in [0, 0.1) is 0 Å². The Bertz CT molecular complexity index is 819. The number of ether oxygens (including phenoxy) is 1. The Kier molecular flexibility index (Phi) is 8.08. The van der Waals surface area contributed by atoms with Crippen molar-refractivity contribution in [2.75, 3.05) is 33.8 Å². The fourth-order valence-electron chi connectivity index (χ4n) is 2.44. The Hall–Kier alpha value is -2.10. The minimum absolute atomic E-state index is 0.274. The molecule has 0 spiro atoms. The predicted molar refractivity (Wildman–Crippen MR) is 110 cm³/mol. The smallest absolute Gasteiger partial charge is 0.250 e. The van der Waals surface area contributed by atoms with E-state index in [0.717, 1.165) is 11.3 Å². The van der Waals surface area contributed by atoms with Gasteiger partial charge >= 0.3 is 0 Å². The molecule has 7 nitrogen and oxygen atoms in total. The van der Waals surface area contributed by atoms with Crippen molar-refractivity contribution in [1.82, 2.24) is 14.9 Å². The van der Waals surface area contributed by atoms with Gasteiger partial charge in [0.1, 0.15) is 9.96 Å². The highest BCUT2D eigenvalue weighted by atomic mass is 32.2. The number of guanidine groups is 1. The summed E-state index contributed by atoms with van der Waals surface area (Å²) in [5.74, 6) is 1.55. The minimum atomic E-state index is -3.44. The van der Waals surface area contributed by atoms with Crippen molar-refractivity contribution in [2.24, 2.45) is 4.99 Å². The number of nitrogens with zero attached hydrogens (tertiary/aromatic N) is 2. The third kappa shape index (κ3) is 6.53. The van der Waals surface area contributed by atoms with Crippen molar-refractivity contribution in [3.63, 3.8) is 0 Å². The maximum Gasteiger partial charge on any atom is 0.250 e. The molecule has 27 heavy (non-hydrogen) atoms. The third-order valence-corrected chi connectivity index (χ3v) is 6.55. The quantitative estimate of drug-likeness (QED) is 0.376. The Labute approximate surface area is 165 Å². The highest BCUT2D eigenvalue weighted by Gasteiger charge is 2.14. The maximum absolute atomic E-state index is 12.1. The van der Waals surface area contributed by atoms with E-state index in [0.29, 0.717) is 29.9 Å². The first-order valence-electron chi connectivity index (χ1n) is 8.63. The monoisotopic (exact) mass is 410 g/mol. The Morgan fingerprint density at radius 1 is 1.22 bits per heavy atom. The lowest BCUT2D eigenvalue weighted by molar-refractivity contribution is 0.340. The largest absolute Gasteiger partial charge is 0.494 e. The predicted octanol–water partition coefficient (Wildman–Crippen LogP) is 2.13. The molecule has 0 atom stereocenters. The van der Waals surface area contributed by atoms with E-state index in [1.54, 1.807) is 24.6 Å². The molecule has 0 aliphatic heterocycles. The van der Waals surface area contributed by atoms with E-state index in [4.69, 9.17) is 4.74 Å². The molecular weight excluding hydrogens is 384 g/mol. The molecule has 2 N–H and O–H groups in total. The van der Waals surface area contributed by atoms with E-state index in [1.165, 1.54) is 11.3 Å². The van der Waals surface area contributed by atoms with Gasteiger partial charge in [0.05, 0.1) is 6.61 Å². The minimum Gasteiger partial charge on any atom is -0.494 e. The number of hydrogen-bond acceptors (Lipinski definition) is 5. The summed E-state index contributed by atoms with van der Waals surface area (Å²) in [5, 5.41) is 4.91. The lowest BCUT2D eigenvalue weighted by atomic mass is 10.2. The van der Waals surface area contributed by atoms with Crippen LogP contribution in [0.2, 0.25) is 0 Å². The van der Waals surface area contributed by atoms with E-state index in [2.05, 4.69) is 15.0 Å². The molecule has 0 unspecified atom stereocenters. The van der Waals surface area contributed by atoms with Gasteiger partial charge in [0.2, 0.25) is 10.0 Å². The van der Waals surface area contributed by atoms with Crippen molar-refractivity contribution >= 4 is 27.3 Å². The number of rotatable bonds is 9. The van der Waals surface area contributed by atoms with Crippen LogP contribution in [-0.4, -0.2) is 53.1 Å². The second-order valence-corrected chi connectivity index (χ2v) is 8.68. The molecule has 0 aliphatic rings. The molecular formula is C18H26N4O3S2. The standard InChI is InChI=1S/C18H26N4O3S2/c1-4-25-16-9-7-15(8-10-16)14-22(3)18(19-2)20-11-12-21-27(23,24)17-6-5-13-26-17/h5-10,13,21H,4,11-12,14H2,1-3H3,(H,19,20). The van der Waals surface area contributed by atoms with Crippen LogP contribution < -0.4 is 14.8 Å². The van der Waals surface area contributed by atoms with Crippen molar-refractivity contribution in [3.8, 4) is 5.75 Å². The first-order valence-corrected chi connectivity index (χ1v) is 11.0. The van der Waals surface area contributed by atoms with Crippen LogP contribution in [0.1, 0.15) is 12.5 Å². The third-order valence-electron chi connectivity index (χ3n) is 3.69. The number of aliphatic imine (C=N–C) groups is 1. The first kappa shape index (κ1) is 21.2. The van der Waals surface area contributed by atoms with Gasteiger partial charge in [0, 0.05) is 33.7 Å². The van der Waals surface area contributed by atoms with Gasteiger partial charge in [-0.3, -0.25) is 4.99 Å². The van der Waals surface area contributed by atoms with Gasteiger partial charge in [0.25, 0.3) is 0 Å². The summed E-state index contributed by atoms with van der Waals surface area (Å²) in [4.78, 5) is 6.22. The Morgan fingerprint density at radius 3 is 2.56 bits per heavy atom. The number of sulfonamides is 1. The zero-order valence-electron chi connectivity index (χ0n) is 15.8. The molecule has 148 valence electrons. The van der Waals surface area contributed by atoms with Crippen molar-refractivity contribution in [3.05, 3.63) is 47.3 Å². The molecule has 9 heteroatoms. The molecule has 0 saturated carbocycles. The second kappa shape index (κ2) is 10.3. The summed E-state index contributed by atoms with van der Waals surface area (Å²) in [6.45, 7) is 3.98. The Balaban J connectivity index is 1.80. The molecule has 1 aromatic carbocycles. The molecule has 0 bridgehead atoms. The van der Waals surface area contributed by atoms with Crippen LogP contribution in [0.25, 0.3) is 0 Å². The number of hydrogen-bond donors (Lipinski definition) is 2. The Morgan fingerprint density at radius 2 is 1.96 bits per heavy atom. The summed E-state index contributed by atoms with van der Waals surface area (Å²) in [6.07, 6.45) is 0. The summed E-state index contributed by atoms with van der Waals surface area (Å²) in [7, 11) is 0.197. The maximum atomic E-state index is 12.1. The van der Waals surface area contributed by atoms with Crippen LogP contribution in [0.3, 0.4) is 0 Å². The highest BCUT2D eigenvalue weighted by Crippen LogP contribution is 2.15. The number of thiophene rings is 1. The molecule has 0 saturated heterocycles. The first-order chi connectivity index (χ1) is 13.0. The lowest BCUT2D eigenvalue weighted by Gasteiger charge is -2.22. The fraction of sp³-hybridized carbons (Fsp3) is 0.389. The van der Waals surface area contributed by atoms with Gasteiger partial charge in [-0.2, -0.15) is 0 Å². The van der Waals surface area contributed by atoms with E-state index in [1.807, 2.05) is 43.1 Å². The van der Waals surface area contributed by atoms with Crippen LogP contribution in [-0.2, 0) is 16.6 Å². The van der Waals surface area contributed by atoms with Crippen molar-refractivity contribution < 1.29 is 13.2 Å². The fourth-order valence-corrected chi connectivity index (χ4v) is 4.51. The molecule has 0 radical (unpaired) electrons. The molecule has 2 aromatic rings. The average Bonchev–Trinajstić information content (AvgIpc) is 3.19. The van der Waals surface area contributed by atoms with E-state index in [-0.39, 0.29) is 6.54 Å². The average molecular weight is 411 g/mol. The van der Waals surface area contributed by atoms with Gasteiger partial charge in [-0.25, -0.2) is 13.1 Å². The zero-order valence-corrected chi connectivity index (χ0v) is 17.4. The van der Waals surface area contributed by atoms with Gasteiger partial charge in [-0.1, -0.05) is 18.2 Å². The molecule has 1 aromatic heterocycles. The summed E-state index contributed by atoms with van der Waals surface area (Å²) in [5.41, 5.74) is 1.13. The van der Waals surface area contributed by atoms with E-state index in [9.17, 15) is 8.42 Å². The molecule has 0 aliphatic carbocycles. The van der Waals surface area contributed by atoms with E-state index >= 15 is 0 Å². The van der Waals surface area contributed by atoms with Gasteiger partial charge < -0.3 is 15.0 Å². The second-order valence-electron chi connectivity index (χ2n) is 5.74. The topological polar surface area (TPSA) is 83.0 Å². The van der Waals surface area contributed by atoms with Crippen LogP contribution in [0.4, 0.5) is 0 Å². The molecule has 0 fully saturated rings. The van der Waals surface area contributed by atoms with Crippen LogP contribution in [0.15, 0.2) is 51.0 Å². The van der Waals surface area contributed by atoms with Gasteiger partial charge in [-0.05, 0) is 36.1 Å². The van der Waals surface area contributed by atoms with Gasteiger partial charge in [0.15, 0.2) is 5.96 Å². The van der Waals surface area contributed by atoms with Gasteiger partial charge in [-0.15, -0.1) is 11.3 Å². The van der Waals surface area contributed by atoms with Crippen molar-refractivity contribution in [2.45, 2.75) is 17.7 Å². The summed E-state index contributed by atoms with van der Waals surface area (Å²) < 4.78 is 32.5. The number of nitrogens with one attached hydrogen (secondary N) is 2. The molecule has 2 rings (SSSR count). The summed E-state index contributed by atoms with van der Waals surface area (Å²) in [6, 6.07) is 11.2.